The summed E-state index contributed by atoms with van der Waals surface area (Å²) < 4.78 is 6.33. The van der Waals surface area contributed by atoms with E-state index in [1.165, 1.54) is 18.5 Å². The molecule has 2 saturated heterocycles. The minimum absolute atomic E-state index is 0.0254. The van der Waals surface area contributed by atoms with Gasteiger partial charge in [0.05, 0.1) is 26.2 Å². The van der Waals surface area contributed by atoms with Crippen LogP contribution >= 0.6 is 0 Å². The van der Waals surface area contributed by atoms with Crippen molar-refractivity contribution in [3.05, 3.63) is 35.9 Å². The Morgan fingerprint density at radius 2 is 2.10 bits per heavy atom. The molecule has 2 aliphatic rings. The summed E-state index contributed by atoms with van der Waals surface area (Å²) in [5, 5.41) is 0. The Morgan fingerprint density at radius 1 is 1.35 bits per heavy atom. The van der Waals surface area contributed by atoms with Gasteiger partial charge in [0.15, 0.2) is 0 Å². The van der Waals surface area contributed by atoms with Crippen molar-refractivity contribution in [1.82, 2.24) is 0 Å². The van der Waals surface area contributed by atoms with Gasteiger partial charge in [0.25, 0.3) is 0 Å². The molecular weight excluding hydrogens is 250 g/mol. The number of fused-ring (bicyclic) bond motifs is 2. The van der Waals surface area contributed by atoms with E-state index in [-0.39, 0.29) is 11.9 Å². The number of nitrogens with zero attached hydrogens (tertiary/aromatic N) is 1. The van der Waals surface area contributed by atoms with E-state index in [0.717, 1.165) is 17.6 Å². The fourth-order valence-corrected chi connectivity index (χ4v) is 4.18. The standard InChI is InChI=1S/C17H24NO2/c1-3-20-17(19)16-12-18(10-9-15(16)11-18)13(2)14-7-5-4-6-8-14/h4-8,13,15-16H,3,9-12H2,1-2H3/q+1/t13-,15+,16-,18?/m1/s1. The van der Waals surface area contributed by atoms with Gasteiger partial charge in [-0.3, -0.25) is 4.79 Å². The Hall–Kier alpha value is -1.35. The SMILES string of the molecule is CCOC(=O)[C@@H]1C[N+]2([C@H](C)c3ccccc3)CC[C@H]1C2. The van der Waals surface area contributed by atoms with Crippen LogP contribution in [0, 0.1) is 11.8 Å². The van der Waals surface area contributed by atoms with Gasteiger partial charge in [-0.25, -0.2) is 0 Å². The topological polar surface area (TPSA) is 26.3 Å². The van der Waals surface area contributed by atoms with E-state index in [0.29, 0.717) is 18.6 Å². The molecule has 2 bridgehead atoms. The Morgan fingerprint density at radius 3 is 2.80 bits per heavy atom. The number of carbonyl (C=O) groups excluding carboxylic acids is 1. The zero-order valence-electron chi connectivity index (χ0n) is 12.4. The van der Waals surface area contributed by atoms with Crippen molar-refractivity contribution in [3.63, 3.8) is 0 Å². The first-order valence-corrected chi connectivity index (χ1v) is 7.73. The third-order valence-electron chi connectivity index (χ3n) is 5.37. The van der Waals surface area contributed by atoms with Crippen LogP contribution in [0.3, 0.4) is 0 Å². The van der Waals surface area contributed by atoms with Gasteiger partial charge in [0, 0.05) is 17.9 Å². The smallest absolute Gasteiger partial charge is 0.315 e. The van der Waals surface area contributed by atoms with Gasteiger partial charge in [0.2, 0.25) is 0 Å². The second kappa shape index (κ2) is 5.21. The molecule has 2 heterocycles. The van der Waals surface area contributed by atoms with Gasteiger partial charge >= 0.3 is 5.97 Å². The first-order chi connectivity index (χ1) is 9.66. The van der Waals surface area contributed by atoms with Crippen LogP contribution in [-0.2, 0) is 9.53 Å². The average Bonchev–Trinajstić information content (AvgIpc) is 3.07. The summed E-state index contributed by atoms with van der Waals surface area (Å²) in [6.45, 7) is 8.00. The molecule has 3 heteroatoms. The molecule has 0 amide bonds. The number of carbonyl (C=O) groups is 1. The predicted molar refractivity (Wildman–Crippen MR) is 77.9 cm³/mol. The monoisotopic (exact) mass is 274 g/mol. The van der Waals surface area contributed by atoms with E-state index >= 15 is 0 Å². The van der Waals surface area contributed by atoms with Crippen molar-refractivity contribution < 1.29 is 14.0 Å². The van der Waals surface area contributed by atoms with Crippen LogP contribution in [-0.4, -0.2) is 36.7 Å². The number of quaternary nitrogens is 1. The minimum Gasteiger partial charge on any atom is -0.466 e. The predicted octanol–water partition coefficient (Wildman–Crippen LogP) is 2.78. The maximum Gasteiger partial charge on any atom is 0.315 e. The Bertz CT molecular complexity index is 487. The first kappa shape index (κ1) is 13.6. The summed E-state index contributed by atoms with van der Waals surface area (Å²) in [5.41, 5.74) is 1.39. The van der Waals surface area contributed by atoms with Crippen LogP contribution in [0.1, 0.15) is 31.9 Å². The maximum absolute atomic E-state index is 12.1. The lowest BCUT2D eigenvalue weighted by molar-refractivity contribution is -0.938. The first-order valence-electron chi connectivity index (χ1n) is 7.73. The second-order valence-electron chi connectivity index (χ2n) is 6.30. The average molecular weight is 274 g/mol. The van der Waals surface area contributed by atoms with Gasteiger partial charge in [-0.15, -0.1) is 0 Å². The molecule has 0 saturated carbocycles. The van der Waals surface area contributed by atoms with Crippen LogP contribution in [0.25, 0.3) is 0 Å². The third-order valence-corrected chi connectivity index (χ3v) is 5.37. The van der Waals surface area contributed by atoms with Crippen LogP contribution in [0.2, 0.25) is 0 Å². The fraction of sp³-hybridized carbons (Fsp3) is 0.588. The van der Waals surface area contributed by atoms with Crippen LogP contribution in [0.4, 0.5) is 0 Å². The molecule has 1 unspecified atom stereocenters. The van der Waals surface area contributed by atoms with Crippen LogP contribution in [0.5, 0.6) is 0 Å². The molecule has 1 aromatic carbocycles. The quantitative estimate of drug-likeness (QED) is 0.623. The highest BCUT2D eigenvalue weighted by Gasteiger charge is 2.56. The number of rotatable bonds is 4. The molecule has 20 heavy (non-hydrogen) atoms. The van der Waals surface area contributed by atoms with Crippen molar-refractivity contribution in [2.45, 2.75) is 26.3 Å². The summed E-state index contributed by atoms with van der Waals surface area (Å²) in [6.07, 6.45) is 1.17. The molecule has 2 aliphatic heterocycles. The number of esters is 1. The highest BCUT2D eigenvalue weighted by Crippen LogP contribution is 2.46. The zero-order valence-corrected chi connectivity index (χ0v) is 12.4. The lowest BCUT2D eigenvalue weighted by Gasteiger charge is -2.39. The molecule has 0 spiro atoms. The molecule has 3 nitrogen and oxygen atoms in total. The van der Waals surface area contributed by atoms with Crippen molar-refractivity contribution in [1.29, 1.82) is 0 Å². The van der Waals surface area contributed by atoms with Gasteiger partial charge in [-0.2, -0.15) is 0 Å². The molecule has 4 atom stereocenters. The van der Waals surface area contributed by atoms with Gasteiger partial charge in [-0.1, -0.05) is 30.3 Å². The van der Waals surface area contributed by atoms with Gasteiger partial charge in [0.1, 0.15) is 12.0 Å². The van der Waals surface area contributed by atoms with Crippen molar-refractivity contribution in [2.75, 3.05) is 26.2 Å². The molecule has 0 aromatic heterocycles. The molecule has 2 fully saturated rings. The van der Waals surface area contributed by atoms with Crippen molar-refractivity contribution in [3.8, 4) is 0 Å². The molecule has 0 N–H and O–H groups in total. The number of hydrogen-bond donors (Lipinski definition) is 0. The number of hydrogen-bond acceptors (Lipinski definition) is 2. The van der Waals surface area contributed by atoms with Crippen LogP contribution in [0.15, 0.2) is 30.3 Å². The summed E-state index contributed by atoms with van der Waals surface area (Å²) in [5.74, 6) is 0.674. The van der Waals surface area contributed by atoms with Gasteiger partial charge in [-0.05, 0) is 13.8 Å². The Labute approximate surface area is 121 Å². The van der Waals surface area contributed by atoms with E-state index in [9.17, 15) is 4.79 Å². The molecule has 0 aliphatic carbocycles. The zero-order chi connectivity index (χ0) is 14.2. The van der Waals surface area contributed by atoms with Gasteiger partial charge < -0.3 is 9.22 Å². The van der Waals surface area contributed by atoms with Crippen LogP contribution < -0.4 is 0 Å². The fourth-order valence-electron chi connectivity index (χ4n) is 4.18. The minimum atomic E-state index is 0.0254. The summed E-state index contributed by atoms with van der Waals surface area (Å²) in [7, 11) is 0. The third kappa shape index (κ3) is 2.14. The summed E-state index contributed by atoms with van der Waals surface area (Å²) in [4.78, 5) is 12.1. The summed E-state index contributed by atoms with van der Waals surface area (Å²) in [6, 6.07) is 11.2. The highest BCUT2D eigenvalue weighted by molar-refractivity contribution is 5.73. The lowest BCUT2D eigenvalue weighted by Crippen LogP contribution is -2.48. The number of piperidine rings is 1. The molecular formula is C17H24NO2+. The Kier molecular flexibility index (Phi) is 3.55. The molecule has 1 aromatic rings. The normalized spacial score (nSPS) is 33.1. The van der Waals surface area contributed by atoms with Crippen molar-refractivity contribution >= 4 is 5.97 Å². The second-order valence-corrected chi connectivity index (χ2v) is 6.30. The van der Waals surface area contributed by atoms with Crippen molar-refractivity contribution in [2.24, 2.45) is 11.8 Å². The van der Waals surface area contributed by atoms with E-state index in [4.69, 9.17) is 4.74 Å². The number of ether oxygens (including phenoxy) is 1. The number of benzene rings is 1. The van der Waals surface area contributed by atoms with E-state index in [2.05, 4.69) is 37.3 Å². The molecule has 3 rings (SSSR count). The summed E-state index contributed by atoms with van der Waals surface area (Å²) >= 11 is 0. The molecule has 0 radical (unpaired) electrons. The van der Waals surface area contributed by atoms with E-state index in [1.54, 1.807) is 0 Å². The maximum atomic E-state index is 12.1. The highest BCUT2D eigenvalue weighted by atomic mass is 16.5. The molecule has 108 valence electrons. The lowest BCUT2D eigenvalue weighted by atomic mass is 9.92. The Balaban J connectivity index is 1.79. The van der Waals surface area contributed by atoms with E-state index < -0.39 is 0 Å². The largest absolute Gasteiger partial charge is 0.466 e. The van der Waals surface area contributed by atoms with E-state index in [1.807, 2.05) is 6.92 Å².